The molecule has 1 unspecified atom stereocenters. The van der Waals surface area contributed by atoms with Crippen molar-refractivity contribution in [1.29, 1.82) is 0 Å². The second-order valence-electron chi connectivity index (χ2n) is 6.73. The van der Waals surface area contributed by atoms with Crippen LogP contribution < -0.4 is 11.5 Å². The number of carboxylic acid groups (broad SMARTS) is 1. The van der Waals surface area contributed by atoms with Gasteiger partial charge in [0.1, 0.15) is 6.04 Å². The Morgan fingerprint density at radius 1 is 0.913 bits per heavy atom. The summed E-state index contributed by atoms with van der Waals surface area (Å²) in [6, 6.07) is -0.716. The van der Waals surface area contributed by atoms with Crippen molar-refractivity contribution in [2.75, 3.05) is 31.2 Å². The van der Waals surface area contributed by atoms with Crippen molar-refractivity contribution in [1.82, 2.24) is 0 Å². The van der Waals surface area contributed by atoms with Crippen LogP contribution in [0.3, 0.4) is 0 Å². The Labute approximate surface area is 145 Å². The zero-order chi connectivity index (χ0) is 18.1. The van der Waals surface area contributed by atoms with Crippen LogP contribution in [0.4, 0.5) is 0 Å². The van der Waals surface area contributed by atoms with Gasteiger partial charge in [0, 0.05) is 0 Å². The van der Waals surface area contributed by atoms with Gasteiger partial charge < -0.3 is 16.6 Å². The van der Waals surface area contributed by atoms with Gasteiger partial charge >= 0.3 is 91.3 Å². The van der Waals surface area contributed by atoms with E-state index in [1.165, 1.54) is 25.7 Å². The van der Waals surface area contributed by atoms with Crippen molar-refractivity contribution in [3.05, 3.63) is 0 Å². The molecule has 0 aromatic heterocycles. The van der Waals surface area contributed by atoms with Gasteiger partial charge in [-0.2, -0.15) is 0 Å². The van der Waals surface area contributed by atoms with Gasteiger partial charge in [-0.3, -0.25) is 4.79 Å². The van der Waals surface area contributed by atoms with E-state index >= 15 is 0 Å². The molecule has 0 saturated heterocycles. The number of hydrogen-bond donors (Lipinski definition) is 3. The van der Waals surface area contributed by atoms with Gasteiger partial charge in [0.25, 0.3) is 0 Å². The number of carboxylic acids is 1. The average Bonchev–Trinajstić information content (AvgIpc) is 2.49. The molecule has 1 atom stereocenters. The molecule has 0 aliphatic heterocycles. The molecule has 0 fully saturated rings. The quantitative estimate of drug-likeness (QED) is 0.347. The molecule has 0 aromatic rings. The molecule has 0 saturated carbocycles. The average molecular weight is 351 g/mol. The van der Waals surface area contributed by atoms with E-state index in [0.717, 1.165) is 12.8 Å². The predicted octanol–water partition coefficient (Wildman–Crippen LogP) is 3.90. The zero-order valence-corrected chi connectivity index (χ0v) is 17.1. The van der Waals surface area contributed by atoms with Crippen molar-refractivity contribution >= 4 is 13.2 Å². The van der Waals surface area contributed by atoms with Crippen LogP contribution in [0.25, 0.3) is 0 Å². The van der Waals surface area contributed by atoms with E-state index in [1.807, 2.05) is 0 Å². The second kappa shape index (κ2) is 16.7. The van der Waals surface area contributed by atoms with E-state index in [1.54, 1.807) is 24.6 Å². The monoisotopic (exact) mass is 350 g/mol. The van der Waals surface area contributed by atoms with E-state index in [2.05, 4.69) is 27.7 Å². The van der Waals surface area contributed by atoms with Gasteiger partial charge in [-0.1, -0.05) is 6.42 Å². The summed E-state index contributed by atoms with van der Waals surface area (Å²) >= 11 is 0. The third kappa shape index (κ3) is 13.9. The molecule has 0 radical (unpaired) electrons. The first-order valence-electron chi connectivity index (χ1n) is 9.61. The van der Waals surface area contributed by atoms with Gasteiger partial charge in [0.05, 0.1) is 0 Å². The van der Waals surface area contributed by atoms with Crippen molar-refractivity contribution in [2.24, 2.45) is 11.5 Å². The fourth-order valence-electron chi connectivity index (χ4n) is 3.50. The molecule has 0 aromatic carbocycles. The van der Waals surface area contributed by atoms with Crippen LogP contribution in [0.15, 0.2) is 0 Å². The van der Waals surface area contributed by atoms with Crippen LogP contribution in [-0.4, -0.2) is 48.3 Å². The van der Waals surface area contributed by atoms with E-state index in [-0.39, 0.29) is 0 Å². The SMILES string of the molecule is CCC[PH](CCC)(CCC)CCC.NCCCCC(N)C(=O)O. The van der Waals surface area contributed by atoms with Crippen LogP contribution in [0, 0.1) is 0 Å². The minimum Gasteiger partial charge on any atom is -0.480 e. The van der Waals surface area contributed by atoms with Crippen LogP contribution in [0.5, 0.6) is 0 Å². The maximum absolute atomic E-state index is 10.1. The van der Waals surface area contributed by atoms with Crippen molar-refractivity contribution < 1.29 is 9.90 Å². The Kier molecular flexibility index (Phi) is 18.2. The van der Waals surface area contributed by atoms with Crippen LogP contribution in [-0.2, 0) is 4.79 Å². The minimum absolute atomic E-state index is 0.520. The van der Waals surface area contributed by atoms with E-state index in [9.17, 15) is 4.79 Å². The molecule has 4 nitrogen and oxygen atoms in total. The van der Waals surface area contributed by atoms with Gasteiger partial charge in [-0.05, 0) is 19.4 Å². The first-order valence-corrected chi connectivity index (χ1v) is 12.4. The molecule has 5 heteroatoms. The Balaban J connectivity index is 0. The van der Waals surface area contributed by atoms with Gasteiger partial charge in [-0.25, -0.2) is 0 Å². The molecule has 142 valence electrons. The van der Waals surface area contributed by atoms with Crippen LogP contribution in [0.2, 0.25) is 0 Å². The summed E-state index contributed by atoms with van der Waals surface area (Å²) < 4.78 is 0. The van der Waals surface area contributed by atoms with Crippen molar-refractivity contribution in [2.45, 2.75) is 78.7 Å². The predicted molar refractivity (Wildman–Crippen MR) is 107 cm³/mol. The Hall–Kier alpha value is -0.180. The smallest absolute Gasteiger partial charge is 0.320 e. The molecule has 0 bridgehead atoms. The summed E-state index contributed by atoms with van der Waals surface area (Å²) in [5.74, 6) is -0.933. The molecule has 5 N–H and O–H groups in total. The van der Waals surface area contributed by atoms with Crippen molar-refractivity contribution in [3.8, 4) is 0 Å². The maximum Gasteiger partial charge on any atom is 0.320 e. The Morgan fingerprint density at radius 2 is 1.30 bits per heavy atom. The number of rotatable bonds is 13. The van der Waals surface area contributed by atoms with Crippen LogP contribution in [0.1, 0.15) is 72.6 Å². The summed E-state index contributed by atoms with van der Waals surface area (Å²) in [4.78, 5) is 10.1. The largest absolute Gasteiger partial charge is 0.480 e. The maximum atomic E-state index is 10.1. The molecule has 0 heterocycles. The second-order valence-corrected chi connectivity index (χ2v) is 11.7. The van der Waals surface area contributed by atoms with E-state index < -0.39 is 19.3 Å². The molecular weight excluding hydrogens is 307 g/mol. The summed E-state index contributed by atoms with van der Waals surface area (Å²) in [7, 11) is -0.796. The number of aliphatic carboxylic acids is 1. The molecule has 0 amide bonds. The summed E-state index contributed by atoms with van der Waals surface area (Å²) in [5.41, 5.74) is 10.4. The number of nitrogens with two attached hydrogens (primary N) is 2. The van der Waals surface area contributed by atoms with Gasteiger partial charge in [0.15, 0.2) is 0 Å². The normalized spacial score (nSPS) is 13.1. The fourth-order valence-corrected chi connectivity index (χ4v) is 9.25. The van der Waals surface area contributed by atoms with Crippen LogP contribution >= 0.6 is 7.26 Å². The third-order valence-corrected chi connectivity index (χ3v) is 10.7. The van der Waals surface area contributed by atoms with Crippen molar-refractivity contribution in [3.63, 3.8) is 0 Å². The first-order chi connectivity index (χ1) is 10.9. The minimum atomic E-state index is -0.933. The Morgan fingerprint density at radius 3 is 1.57 bits per heavy atom. The Bertz CT molecular complexity index is 246. The molecule has 0 aliphatic carbocycles. The third-order valence-electron chi connectivity index (χ3n) is 4.41. The molecular formula is C18H43N2O2P. The molecule has 23 heavy (non-hydrogen) atoms. The first kappa shape index (κ1) is 25.1. The summed E-state index contributed by atoms with van der Waals surface area (Å²) in [6.45, 7) is 10.1. The van der Waals surface area contributed by atoms with Gasteiger partial charge in [-0.15, -0.1) is 0 Å². The standard InChI is InChI=1S/C12H29P.C6H14N2O2/c1-5-9-13(10-6-2,11-7-3)12-8-4;7-4-2-1-3-5(8)6(9)10/h13H,5-12H2,1-4H3;5H,1-4,7-8H2,(H,9,10). The topological polar surface area (TPSA) is 89.3 Å². The summed E-state index contributed by atoms with van der Waals surface area (Å²) in [5, 5.41) is 8.33. The molecule has 0 aliphatic rings. The molecule has 0 spiro atoms. The van der Waals surface area contributed by atoms with E-state index in [0.29, 0.717) is 13.0 Å². The number of hydrogen-bond acceptors (Lipinski definition) is 3. The zero-order valence-electron chi connectivity index (χ0n) is 16.1. The molecule has 0 rings (SSSR count). The van der Waals surface area contributed by atoms with Gasteiger partial charge in [0.2, 0.25) is 0 Å². The van der Waals surface area contributed by atoms with E-state index in [4.69, 9.17) is 16.6 Å². The fraction of sp³-hybridized carbons (Fsp3) is 0.944. The number of carbonyl (C=O) groups is 1. The summed E-state index contributed by atoms with van der Waals surface area (Å²) in [6.07, 6.45) is 14.2. The number of unbranched alkanes of at least 4 members (excludes halogenated alkanes) is 1.